The molecule has 0 saturated carbocycles. The second-order valence-electron chi connectivity index (χ2n) is 6.02. The SMILES string of the molecule is O=C(O)CCC(=O)OC(=O)C1CCn2c(C(=O)c3ccccc3)ccc21. The Hall–Kier alpha value is -3.22. The minimum atomic E-state index is -1.13. The van der Waals surface area contributed by atoms with Crippen LogP contribution in [-0.2, 0) is 25.7 Å². The molecule has 134 valence electrons. The van der Waals surface area contributed by atoms with Crippen LogP contribution >= 0.6 is 0 Å². The Bertz CT molecular complexity index is 867. The number of carboxylic acids is 1. The molecule has 0 radical (unpaired) electrons. The molecule has 0 amide bonds. The molecule has 2 heterocycles. The van der Waals surface area contributed by atoms with Crippen molar-refractivity contribution in [3.05, 3.63) is 59.4 Å². The molecular formula is C19H17NO6. The van der Waals surface area contributed by atoms with Gasteiger partial charge in [-0.1, -0.05) is 30.3 Å². The fraction of sp³-hybridized carbons (Fsp3) is 0.263. The molecule has 1 aromatic carbocycles. The zero-order chi connectivity index (χ0) is 18.7. The lowest BCUT2D eigenvalue weighted by atomic mass is 10.1. The van der Waals surface area contributed by atoms with Crippen molar-refractivity contribution < 1.29 is 29.0 Å². The Morgan fingerprint density at radius 1 is 1.04 bits per heavy atom. The number of ketones is 1. The van der Waals surface area contributed by atoms with Gasteiger partial charge in [0, 0.05) is 17.8 Å². The molecular weight excluding hydrogens is 338 g/mol. The predicted molar refractivity (Wildman–Crippen MR) is 89.6 cm³/mol. The highest BCUT2D eigenvalue weighted by atomic mass is 16.6. The second-order valence-corrected chi connectivity index (χ2v) is 6.02. The molecule has 1 aliphatic heterocycles. The maximum atomic E-state index is 12.6. The van der Waals surface area contributed by atoms with E-state index in [0.717, 1.165) is 0 Å². The smallest absolute Gasteiger partial charge is 0.322 e. The van der Waals surface area contributed by atoms with E-state index < -0.39 is 23.8 Å². The summed E-state index contributed by atoms with van der Waals surface area (Å²) in [6.07, 6.45) is -0.314. The maximum Gasteiger partial charge on any atom is 0.322 e. The number of esters is 2. The Morgan fingerprint density at radius 2 is 1.77 bits per heavy atom. The van der Waals surface area contributed by atoms with E-state index in [2.05, 4.69) is 0 Å². The first-order valence-electron chi connectivity index (χ1n) is 8.23. The van der Waals surface area contributed by atoms with Crippen LogP contribution in [-0.4, -0.2) is 33.4 Å². The first-order chi connectivity index (χ1) is 12.5. The van der Waals surface area contributed by atoms with Gasteiger partial charge in [0.2, 0.25) is 5.78 Å². The number of hydrogen-bond acceptors (Lipinski definition) is 5. The number of benzene rings is 1. The van der Waals surface area contributed by atoms with Crippen LogP contribution in [0, 0.1) is 0 Å². The van der Waals surface area contributed by atoms with Gasteiger partial charge in [0.15, 0.2) is 0 Å². The van der Waals surface area contributed by atoms with Crippen molar-refractivity contribution in [2.45, 2.75) is 31.7 Å². The molecule has 7 heteroatoms. The monoisotopic (exact) mass is 355 g/mol. The minimum absolute atomic E-state index is 0.136. The van der Waals surface area contributed by atoms with Crippen LogP contribution in [0.25, 0.3) is 0 Å². The van der Waals surface area contributed by atoms with Gasteiger partial charge in [0.1, 0.15) is 0 Å². The van der Waals surface area contributed by atoms with Crippen molar-refractivity contribution in [2.24, 2.45) is 0 Å². The molecule has 0 saturated heterocycles. The van der Waals surface area contributed by atoms with Crippen LogP contribution in [0.2, 0.25) is 0 Å². The molecule has 1 aromatic heterocycles. The van der Waals surface area contributed by atoms with E-state index in [0.29, 0.717) is 29.9 Å². The van der Waals surface area contributed by atoms with Gasteiger partial charge in [-0.15, -0.1) is 0 Å². The molecule has 1 aliphatic rings. The number of hydrogen-bond donors (Lipinski definition) is 1. The van der Waals surface area contributed by atoms with Gasteiger partial charge in [-0.3, -0.25) is 19.2 Å². The van der Waals surface area contributed by atoms with E-state index in [1.807, 2.05) is 6.07 Å². The lowest BCUT2D eigenvalue weighted by Gasteiger charge is -2.08. The van der Waals surface area contributed by atoms with Crippen LogP contribution < -0.4 is 0 Å². The van der Waals surface area contributed by atoms with Gasteiger partial charge in [-0.05, 0) is 18.6 Å². The topological polar surface area (TPSA) is 103 Å². The Labute approximate surface area is 149 Å². The fourth-order valence-corrected chi connectivity index (χ4v) is 3.06. The molecule has 1 N–H and O–H groups in total. The van der Waals surface area contributed by atoms with Crippen LogP contribution in [0.4, 0.5) is 0 Å². The molecule has 7 nitrogen and oxygen atoms in total. The van der Waals surface area contributed by atoms with Gasteiger partial charge < -0.3 is 14.4 Å². The Kier molecular flexibility index (Phi) is 4.97. The van der Waals surface area contributed by atoms with E-state index in [4.69, 9.17) is 9.84 Å². The molecule has 0 bridgehead atoms. The van der Waals surface area contributed by atoms with Crippen LogP contribution in [0.5, 0.6) is 0 Å². The van der Waals surface area contributed by atoms with Gasteiger partial charge in [0.05, 0.1) is 24.5 Å². The highest BCUT2D eigenvalue weighted by Crippen LogP contribution is 2.32. The summed E-state index contributed by atoms with van der Waals surface area (Å²) in [7, 11) is 0. The molecule has 1 unspecified atom stereocenters. The van der Waals surface area contributed by atoms with E-state index in [1.54, 1.807) is 41.0 Å². The second kappa shape index (κ2) is 7.35. The van der Waals surface area contributed by atoms with E-state index >= 15 is 0 Å². The molecule has 2 aromatic rings. The molecule has 0 fully saturated rings. The molecule has 0 aliphatic carbocycles. The zero-order valence-corrected chi connectivity index (χ0v) is 13.9. The number of carboxylic acid groups (broad SMARTS) is 1. The van der Waals surface area contributed by atoms with Crippen molar-refractivity contribution in [1.82, 2.24) is 4.57 Å². The number of carbonyl (C=O) groups is 4. The van der Waals surface area contributed by atoms with E-state index in [-0.39, 0.29) is 18.6 Å². The highest BCUT2D eigenvalue weighted by molar-refractivity contribution is 6.08. The number of ether oxygens (including phenoxy) is 1. The highest BCUT2D eigenvalue weighted by Gasteiger charge is 2.34. The quantitative estimate of drug-likeness (QED) is 0.484. The summed E-state index contributed by atoms with van der Waals surface area (Å²) in [5.74, 6) is -3.48. The average molecular weight is 355 g/mol. The van der Waals surface area contributed by atoms with Gasteiger partial charge in [-0.2, -0.15) is 0 Å². The summed E-state index contributed by atoms with van der Waals surface area (Å²) >= 11 is 0. The lowest BCUT2D eigenvalue weighted by Crippen LogP contribution is -2.19. The standard InChI is InChI=1S/C19H17NO6/c21-16(22)8-9-17(23)26-19(25)13-10-11-20-14(13)6-7-15(20)18(24)12-4-2-1-3-5-12/h1-7,13H,8-11H2,(H,21,22). The number of carbonyl (C=O) groups excluding carboxylic acids is 3. The third-order valence-electron chi connectivity index (χ3n) is 4.32. The van der Waals surface area contributed by atoms with Gasteiger partial charge in [-0.25, -0.2) is 0 Å². The van der Waals surface area contributed by atoms with E-state index in [1.165, 1.54) is 0 Å². The first kappa shape index (κ1) is 17.6. The van der Waals surface area contributed by atoms with Crippen LogP contribution in [0.3, 0.4) is 0 Å². The summed E-state index contributed by atoms with van der Waals surface area (Å²) in [4.78, 5) is 46.9. The number of rotatable bonds is 6. The molecule has 1 atom stereocenters. The average Bonchev–Trinajstić information content (AvgIpc) is 3.22. The van der Waals surface area contributed by atoms with Crippen molar-refractivity contribution >= 4 is 23.7 Å². The predicted octanol–water partition coefficient (Wildman–Crippen LogP) is 2.14. The normalized spacial score (nSPS) is 15.3. The van der Waals surface area contributed by atoms with Crippen molar-refractivity contribution in [1.29, 1.82) is 0 Å². The maximum absolute atomic E-state index is 12.6. The van der Waals surface area contributed by atoms with Crippen LogP contribution in [0.1, 0.15) is 46.9 Å². The number of aliphatic carboxylic acids is 1. The summed E-state index contributed by atoms with van der Waals surface area (Å²) in [6.45, 7) is 0.472. The summed E-state index contributed by atoms with van der Waals surface area (Å²) in [5, 5.41) is 8.56. The van der Waals surface area contributed by atoms with Crippen LogP contribution in [0.15, 0.2) is 42.5 Å². The molecule has 3 rings (SSSR count). The fourth-order valence-electron chi connectivity index (χ4n) is 3.06. The third kappa shape index (κ3) is 3.56. The summed E-state index contributed by atoms with van der Waals surface area (Å²) in [5.41, 5.74) is 1.67. The minimum Gasteiger partial charge on any atom is -0.481 e. The number of nitrogens with zero attached hydrogens (tertiary/aromatic N) is 1. The van der Waals surface area contributed by atoms with Crippen molar-refractivity contribution in [3.63, 3.8) is 0 Å². The Balaban J connectivity index is 1.72. The van der Waals surface area contributed by atoms with E-state index in [9.17, 15) is 19.2 Å². The van der Waals surface area contributed by atoms with Crippen molar-refractivity contribution in [3.8, 4) is 0 Å². The number of aromatic nitrogens is 1. The first-order valence-corrected chi connectivity index (χ1v) is 8.23. The zero-order valence-electron chi connectivity index (χ0n) is 13.9. The van der Waals surface area contributed by atoms with Gasteiger partial charge in [0.25, 0.3) is 0 Å². The van der Waals surface area contributed by atoms with Gasteiger partial charge >= 0.3 is 17.9 Å². The summed E-state index contributed by atoms with van der Waals surface area (Å²) < 4.78 is 6.52. The lowest BCUT2D eigenvalue weighted by molar-refractivity contribution is -0.162. The molecule has 0 spiro atoms. The summed E-state index contributed by atoms with van der Waals surface area (Å²) in [6, 6.07) is 12.2. The Morgan fingerprint density at radius 3 is 2.46 bits per heavy atom. The number of fused-ring (bicyclic) bond motifs is 1. The van der Waals surface area contributed by atoms with Crippen molar-refractivity contribution in [2.75, 3.05) is 0 Å². The third-order valence-corrected chi connectivity index (χ3v) is 4.32. The molecule has 26 heavy (non-hydrogen) atoms. The largest absolute Gasteiger partial charge is 0.481 e.